The number of benzene rings is 2. The molecule has 9 heteroatoms. The number of hydrogen-bond acceptors (Lipinski definition) is 4. The van der Waals surface area contributed by atoms with E-state index < -0.39 is 17.7 Å². The van der Waals surface area contributed by atoms with Crippen LogP contribution in [0.25, 0.3) is 5.69 Å². The van der Waals surface area contributed by atoms with Crippen LogP contribution in [-0.4, -0.2) is 41.2 Å². The predicted octanol–water partition coefficient (Wildman–Crippen LogP) is 3.23. The molecule has 156 valence electrons. The molecule has 7 nitrogen and oxygen atoms in total. The molecule has 0 unspecified atom stereocenters. The number of aromatic nitrogens is 2. The van der Waals surface area contributed by atoms with Crippen molar-refractivity contribution < 1.29 is 23.4 Å². The van der Waals surface area contributed by atoms with Crippen LogP contribution in [0.4, 0.5) is 19.3 Å². The Morgan fingerprint density at radius 2 is 1.97 bits per heavy atom. The molecule has 0 aliphatic rings. The van der Waals surface area contributed by atoms with Gasteiger partial charge in [0.1, 0.15) is 5.69 Å². The normalized spacial score (nSPS) is 10.8. The van der Waals surface area contributed by atoms with Gasteiger partial charge in [-0.1, -0.05) is 12.1 Å². The van der Waals surface area contributed by atoms with Gasteiger partial charge in [-0.05, 0) is 29.8 Å². The molecule has 2 aromatic carbocycles. The van der Waals surface area contributed by atoms with Crippen molar-refractivity contribution in [3.8, 4) is 5.69 Å². The van der Waals surface area contributed by atoms with Crippen LogP contribution < -0.4 is 10.3 Å². The van der Waals surface area contributed by atoms with Gasteiger partial charge in [-0.3, -0.25) is 9.69 Å². The van der Waals surface area contributed by atoms with Crippen LogP contribution in [0.1, 0.15) is 11.3 Å². The molecule has 1 N–H and O–H groups in total. The summed E-state index contributed by atoms with van der Waals surface area (Å²) in [6.45, 7) is 0.386. The van der Waals surface area contributed by atoms with Crippen LogP contribution in [0.2, 0.25) is 0 Å². The summed E-state index contributed by atoms with van der Waals surface area (Å²) in [6.07, 6.45) is 0.378. The lowest BCUT2D eigenvalue weighted by Crippen LogP contribution is -2.32. The van der Waals surface area contributed by atoms with Gasteiger partial charge in [-0.15, -0.1) is 0 Å². The minimum atomic E-state index is -1.12. The van der Waals surface area contributed by atoms with Crippen LogP contribution in [0, 0.1) is 11.6 Å². The maximum absolute atomic E-state index is 13.5. The largest absolute Gasteiger partial charge is 0.465 e. The average molecular weight is 415 g/mol. The minimum Gasteiger partial charge on any atom is -0.465 e. The van der Waals surface area contributed by atoms with Crippen molar-refractivity contribution in [1.29, 1.82) is 0 Å². The van der Waals surface area contributed by atoms with Crippen LogP contribution >= 0.6 is 0 Å². The number of carbonyl (C=O) groups is 1. The fourth-order valence-corrected chi connectivity index (χ4v) is 2.89. The van der Waals surface area contributed by atoms with Crippen molar-refractivity contribution in [1.82, 2.24) is 9.78 Å². The lowest BCUT2D eigenvalue weighted by molar-refractivity contribution is 0.186. The molecule has 0 atom stereocenters. The Labute approximate surface area is 170 Å². The fourth-order valence-electron chi connectivity index (χ4n) is 2.89. The van der Waals surface area contributed by atoms with E-state index in [9.17, 15) is 23.5 Å². The van der Waals surface area contributed by atoms with Gasteiger partial charge in [0.2, 0.25) is 5.43 Å². The highest BCUT2D eigenvalue weighted by atomic mass is 19.2. The SMILES string of the molecule is COCCN(C(=O)O)c1cccc(Cc2nn(-c3ccc(F)c(F)c3)ccc2=O)c1. The summed E-state index contributed by atoms with van der Waals surface area (Å²) < 4.78 is 32.9. The molecule has 0 fully saturated rings. The van der Waals surface area contributed by atoms with Crippen molar-refractivity contribution in [2.45, 2.75) is 6.42 Å². The maximum Gasteiger partial charge on any atom is 0.411 e. The quantitative estimate of drug-likeness (QED) is 0.641. The molecule has 1 amide bonds. The number of ether oxygens (including phenoxy) is 1. The van der Waals surface area contributed by atoms with E-state index >= 15 is 0 Å². The second-order valence-corrected chi connectivity index (χ2v) is 6.44. The second kappa shape index (κ2) is 9.27. The van der Waals surface area contributed by atoms with Gasteiger partial charge in [0.25, 0.3) is 0 Å². The van der Waals surface area contributed by atoms with E-state index in [1.165, 1.54) is 30.1 Å². The first-order valence-corrected chi connectivity index (χ1v) is 9.01. The van der Waals surface area contributed by atoms with Gasteiger partial charge in [0, 0.05) is 37.5 Å². The number of anilines is 1. The van der Waals surface area contributed by atoms with Crippen molar-refractivity contribution in [3.63, 3.8) is 0 Å². The molecule has 30 heavy (non-hydrogen) atoms. The molecule has 0 saturated heterocycles. The Kier molecular flexibility index (Phi) is 6.53. The zero-order valence-electron chi connectivity index (χ0n) is 16.1. The summed E-state index contributed by atoms with van der Waals surface area (Å²) in [5.41, 5.74) is 1.23. The van der Waals surface area contributed by atoms with Gasteiger partial charge in [-0.25, -0.2) is 18.3 Å². The summed E-state index contributed by atoms with van der Waals surface area (Å²) in [7, 11) is 1.48. The Morgan fingerprint density at radius 3 is 2.67 bits per heavy atom. The molecule has 0 saturated carbocycles. The Hall–Kier alpha value is -3.59. The fraction of sp³-hybridized carbons (Fsp3) is 0.190. The van der Waals surface area contributed by atoms with Gasteiger partial charge < -0.3 is 9.84 Å². The standard InChI is InChI=1S/C21H19F2N3O4/c1-30-10-9-25(21(28)29)15-4-2-3-14(11-15)12-19-20(27)7-8-26(24-19)16-5-6-17(22)18(23)13-16/h2-8,11,13H,9-10,12H2,1H3,(H,28,29). The van der Waals surface area contributed by atoms with E-state index in [0.29, 0.717) is 11.3 Å². The lowest BCUT2D eigenvalue weighted by Gasteiger charge is -2.19. The van der Waals surface area contributed by atoms with E-state index in [-0.39, 0.29) is 36.4 Å². The number of carboxylic acid groups (broad SMARTS) is 1. The highest BCUT2D eigenvalue weighted by Gasteiger charge is 2.15. The molecule has 0 radical (unpaired) electrons. The number of nitrogens with zero attached hydrogens (tertiary/aromatic N) is 3. The van der Waals surface area contributed by atoms with E-state index in [0.717, 1.165) is 17.0 Å². The van der Waals surface area contributed by atoms with Gasteiger partial charge in [0.15, 0.2) is 11.6 Å². The van der Waals surface area contributed by atoms with E-state index in [2.05, 4.69) is 5.10 Å². The Morgan fingerprint density at radius 1 is 1.17 bits per heavy atom. The first kappa shape index (κ1) is 21.1. The van der Waals surface area contributed by atoms with Crippen molar-refractivity contribution in [3.05, 3.63) is 87.8 Å². The highest BCUT2D eigenvalue weighted by molar-refractivity contribution is 5.86. The third-order valence-electron chi connectivity index (χ3n) is 4.39. The molecule has 0 bridgehead atoms. The zero-order chi connectivity index (χ0) is 21.7. The topological polar surface area (TPSA) is 84.7 Å². The maximum atomic E-state index is 13.5. The van der Waals surface area contributed by atoms with E-state index in [1.54, 1.807) is 24.3 Å². The van der Waals surface area contributed by atoms with Gasteiger partial charge in [-0.2, -0.15) is 5.10 Å². The number of methoxy groups -OCH3 is 1. The van der Waals surface area contributed by atoms with Crippen molar-refractivity contribution in [2.24, 2.45) is 0 Å². The first-order chi connectivity index (χ1) is 14.4. The Bertz CT molecular complexity index is 1120. The molecule has 3 aromatic rings. The predicted molar refractivity (Wildman–Crippen MR) is 106 cm³/mol. The highest BCUT2D eigenvalue weighted by Crippen LogP contribution is 2.18. The molecular weight excluding hydrogens is 396 g/mol. The third kappa shape index (κ3) is 4.87. The summed E-state index contributed by atoms with van der Waals surface area (Å²) in [5, 5.41) is 13.7. The van der Waals surface area contributed by atoms with Crippen LogP contribution in [-0.2, 0) is 11.2 Å². The molecule has 3 rings (SSSR count). The second-order valence-electron chi connectivity index (χ2n) is 6.44. The summed E-state index contributed by atoms with van der Waals surface area (Å²) >= 11 is 0. The van der Waals surface area contributed by atoms with Gasteiger partial charge in [0.05, 0.1) is 18.8 Å². The van der Waals surface area contributed by atoms with Crippen LogP contribution in [0.3, 0.4) is 0 Å². The van der Waals surface area contributed by atoms with Crippen LogP contribution in [0.15, 0.2) is 59.5 Å². The van der Waals surface area contributed by atoms with Gasteiger partial charge >= 0.3 is 6.09 Å². The summed E-state index contributed by atoms with van der Waals surface area (Å²) in [5.74, 6) is -2.00. The van der Waals surface area contributed by atoms with Crippen LogP contribution in [0.5, 0.6) is 0 Å². The van der Waals surface area contributed by atoms with E-state index in [1.807, 2.05) is 0 Å². The number of rotatable bonds is 7. The monoisotopic (exact) mass is 415 g/mol. The first-order valence-electron chi connectivity index (χ1n) is 9.01. The molecule has 0 aliphatic heterocycles. The summed E-state index contributed by atoms with van der Waals surface area (Å²) in [4.78, 5) is 24.9. The third-order valence-corrected chi connectivity index (χ3v) is 4.39. The molecule has 0 spiro atoms. The Balaban J connectivity index is 1.90. The number of hydrogen-bond donors (Lipinski definition) is 1. The molecule has 0 aliphatic carbocycles. The van der Waals surface area contributed by atoms with Crippen molar-refractivity contribution in [2.75, 3.05) is 25.2 Å². The minimum absolute atomic E-state index is 0.134. The van der Waals surface area contributed by atoms with Crippen molar-refractivity contribution >= 4 is 11.8 Å². The number of halogens is 2. The summed E-state index contributed by atoms with van der Waals surface area (Å²) in [6, 6.07) is 11.3. The number of amides is 1. The molecule has 1 aromatic heterocycles. The molecular formula is C21H19F2N3O4. The lowest BCUT2D eigenvalue weighted by atomic mass is 10.1. The van der Waals surface area contributed by atoms with E-state index in [4.69, 9.17) is 4.74 Å². The smallest absolute Gasteiger partial charge is 0.411 e. The zero-order valence-corrected chi connectivity index (χ0v) is 16.1. The average Bonchev–Trinajstić information content (AvgIpc) is 2.72. The molecule has 1 heterocycles.